The lowest BCUT2D eigenvalue weighted by Gasteiger charge is -2.25. The smallest absolute Gasteiger partial charge is 0.192 e. The van der Waals surface area contributed by atoms with E-state index in [-0.39, 0.29) is 0 Å². The van der Waals surface area contributed by atoms with Crippen LogP contribution in [0.5, 0.6) is 0 Å². The first-order chi connectivity index (χ1) is 6.68. The normalized spacial score (nSPS) is 20.6. The molecule has 1 aliphatic rings. The van der Waals surface area contributed by atoms with Crippen LogP contribution in [0.1, 0.15) is 46.5 Å². The minimum absolute atomic E-state index is 0.835. The molecule has 0 atom stereocenters. The van der Waals surface area contributed by atoms with Gasteiger partial charge in [0.15, 0.2) is 8.32 Å². The summed E-state index contributed by atoms with van der Waals surface area (Å²) in [6.45, 7) is 7.96. The van der Waals surface area contributed by atoms with Crippen molar-refractivity contribution in [2.45, 2.75) is 64.6 Å². The number of hydrogen-bond donors (Lipinski definition) is 0. The first-order valence-corrected chi connectivity index (χ1v) is 8.85. The summed E-state index contributed by atoms with van der Waals surface area (Å²) in [6, 6.07) is 4.21. The van der Waals surface area contributed by atoms with E-state index in [2.05, 4.69) is 20.8 Å². The standard InChI is InChI=1S/C12H26OSi/c1-4-14(10-5-6-11-14)13-9-7-8-12(2)3/h12H,4-11H2,1-3H3. The van der Waals surface area contributed by atoms with E-state index in [1.54, 1.807) is 0 Å². The van der Waals surface area contributed by atoms with Crippen molar-refractivity contribution in [3.05, 3.63) is 0 Å². The molecule has 2 heteroatoms. The third-order valence-corrected chi connectivity index (χ3v) is 8.13. The summed E-state index contributed by atoms with van der Waals surface area (Å²) >= 11 is 0. The van der Waals surface area contributed by atoms with E-state index in [1.807, 2.05) is 0 Å². The summed E-state index contributed by atoms with van der Waals surface area (Å²) < 4.78 is 6.23. The van der Waals surface area contributed by atoms with E-state index in [9.17, 15) is 0 Å². The summed E-state index contributed by atoms with van der Waals surface area (Å²) in [6.07, 6.45) is 5.47. The highest BCUT2D eigenvalue weighted by Crippen LogP contribution is 2.34. The monoisotopic (exact) mass is 214 g/mol. The first-order valence-electron chi connectivity index (χ1n) is 6.32. The van der Waals surface area contributed by atoms with Gasteiger partial charge in [0.2, 0.25) is 0 Å². The van der Waals surface area contributed by atoms with E-state index in [1.165, 1.54) is 43.8 Å². The van der Waals surface area contributed by atoms with Gasteiger partial charge in [0.25, 0.3) is 0 Å². The van der Waals surface area contributed by atoms with E-state index >= 15 is 0 Å². The Labute approximate surface area is 90.4 Å². The second kappa shape index (κ2) is 5.91. The molecule has 1 aliphatic heterocycles. The summed E-state index contributed by atoms with van der Waals surface area (Å²) in [7, 11) is -1.18. The van der Waals surface area contributed by atoms with Crippen molar-refractivity contribution in [3.63, 3.8) is 0 Å². The minimum Gasteiger partial charge on any atom is -0.417 e. The molecule has 0 bridgehead atoms. The van der Waals surface area contributed by atoms with Crippen LogP contribution in [-0.4, -0.2) is 14.9 Å². The molecule has 14 heavy (non-hydrogen) atoms. The van der Waals surface area contributed by atoms with Gasteiger partial charge in [-0.25, -0.2) is 0 Å². The second-order valence-corrected chi connectivity index (χ2v) is 9.49. The van der Waals surface area contributed by atoms with Crippen LogP contribution >= 0.6 is 0 Å². The van der Waals surface area contributed by atoms with Crippen molar-refractivity contribution in [2.24, 2.45) is 5.92 Å². The average Bonchev–Trinajstić information content (AvgIpc) is 2.62. The molecule has 1 rings (SSSR count). The van der Waals surface area contributed by atoms with Crippen molar-refractivity contribution in [1.82, 2.24) is 0 Å². The molecule has 1 heterocycles. The number of hydrogen-bond acceptors (Lipinski definition) is 1. The fourth-order valence-corrected chi connectivity index (χ4v) is 6.22. The lowest BCUT2D eigenvalue weighted by molar-refractivity contribution is 0.284. The van der Waals surface area contributed by atoms with Gasteiger partial charge in [-0.1, -0.05) is 33.6 Å². The number of rotatable bonds is 6. The molecule has 0 N–H and O–H groups in total. The van der Waals surface area contributed by atoms with Crippen molar-refractivity contribution in [2.75, 3.05) is 6.61 Å². The quantitative estimate of drug-likeness (QED) is 0.476. The molecule has 1 nitrogen and oxygen atoms in total. The Bertz CT molecular complexity index is 150. The lowest BCUT2D eigenvalue weighted by Crippen LogP contribution is -2.34. The molecule has 84 valence electrons. The molecule has 0 spiro atoms. The summed E-state index contributed by atoms with van der Waals surface area (Å²) in [5, 5.41) is 0. The van der Waals surface area contributed by atoms with Crippen LogP contribution in [0, 0.1) is 5.92 Å². The molecular formula is C12H26OSi. The molecule has 0 amide bonds. The maximum atomic E-state index is 6.23. The zero-order valence-electron chi connectivity index (χ0n) is 10.1. The predicted octanol–water partition coefficient (Wildman–Crippen LogP) is 4.20. The van der Waals surface area contributed by atoms with Crippen molar-refractivity contribution < 1.29 is 4.43 Å². The van der Waals surface area contributed by atoms with Gasteiger partial charge in [-0.05, 0) is 36.9 Å². The Morgan fingerprint density at radius 1 is 1.21 bits per heavy atom. The fourth-order valence-electron chi connectivity index (χ4n) is 2.40. The fraction of sp³-hybridized carbons (Fsp3) is 1.00. The molecule has 0 radical (unpaired) electrons. The molecule has 1 saturated heterocycles. The van der Waals surface area contributed by atoms with Crippen molar-refractivity contribution in [1.29, 1.82) is 0 Å². The van der Waals surface area contributed by atoms with Crippen LogP contribution in [0.15, 0.2) is 0 Å². The predicted molar refractivity (Wildman–Crippen MR) is 65.1 cm³/mol. The third-order valence-electron chi connectivity index (χ3n) is 3.49. The highest BCUT2D eigenvalue weighted by Gasteiger charge is 2.36. The van der Waals surface area contributed by atoms with E-state index < -0.39 is 8.32 Å². The van der Waals surface area contributed by atoms with E-state index in [4.69, 9.17) is 4.43 Å². The summed E-state index contributed by atoms with van der Waals surface area (Å²) in [5.74, 6) is 0.835. The zero-order chi connectivity index (χ0) is 10.4. The molecular weight excluding hydrogens is 188 g/mol. The van der Waals surface area contributed by atoms with Crippen molar-refractivity contribution >= 4 is 8.32 Å². The molecule has 0 saturated carbocycles. The van der Waals surface area contributed by atoms with Crippen LogP contribution in [0.25, 0.3) is 0 Å². The summed E-state index contributed by atoms with van der Waals surface area (Å²) in [4.78, 5) is 0. The SMILES string of the molecule is CC[Si]1(OCCCC(C)C)CCCC1. The Morgan fingerprint density at radius 2 is 1.86 bits per heavy atom. The van der Waals surface area contributed by atoms with Gasteiger partial charge in [-0.2, -0.15) is 0 Å². The Hall–Kier alpha value is 0.177. The molecule has 0 aliphatic carbocycles. The molecule has 0 aromatic carbocycles. The largest absolute Gasteiger partial charge is 0.417 e. The van der Waals surface area contributed by atoms with Gasteiger partial charge in [0.05, 0.1) is 0 Å². The van der Waals surface area contributed by atoms with Gasteiger partial charge in [0.1, 0.15) is 0 Å². The summed E-state index contributed by atoms with van der Waals surface area (Å²) in [5.41, 5.74) is 0. The van der Waals surface area contributed by atoms with Gasteiger partial charge in [0, 0.05) is 6.61 Å². The maximum Gasteiger partial charge on any atom is 0.192 e. The Morgan fingerprint density at radius 3 is 2.36 bits per heavy atom. The highest BCUT2D eigenvalue weighted by atomic mass is 28.4. The molecule has 0 aromatic rings. The van der Waals surface area contributed by atoms with Gasteiger partial charge < -0.3 is 4.43 Å². The van der Waals surface area contributed by atoms with Gasteiger partial charge in [-0.15, -0.1) is 0 Å². The second-order valence-electron chi connectivity index (χ2n) is 5.13. The highest BCUT2D eigenvalue weighted by molar-refractivity contribution is 6.74. The van der Waals surface area contributed by atoms with Crippen LogP contribution < -0.4 is 0 Å². The average molecular weight is 214 g/mol. The van der Waals surface area contributed by atoms with E-state index in [0.29, 0.717) is 0 Å². The van der Waals surface area contributed by atoms with Crippen LogP contribution in [0.3, 0.4) is 0 Å². The van der Waals surface area contributed by atoms with E-state index in [0.717, 1.165) is 12.5 Å². The molecule has 0 aromatic heterocycles. The van der Waals surface area contributed by atoms with Crippen LogP contribution in [0.4, 0.5) is 0 Å². The Balaban J connectivity index is 2.15. The topological polar surface area (TPSA) is 9.23 Å². The van der Waals surface area contributed by atoms with Crippen LogP contribution in [-0.2, 0) is 4.43 Å². The minimum atomic E-state index is -1.18. The third kappa shape index (κ3) is 3.74. The van der Waals surface area contributed by atoms with Crippen molar-refractivity contribution in [3.8, 4) is 0 Å². The first kappa shape index (κ1) is 12.2. The zero-order valence-corrected chi connectivity index (χ0v) is 11.1. The lowest BCUT2D eigenvalue weighted by atomic mass is 10.1. The molecule has 0 unspecified atom stereocenters. The maximum absolute atomic E-state index is 6.23. The Kier molecular flexibility index (Phi) is 5.17. The van der Waals surface area contributed by atoms with Gasteiger partial charge in [-0.3, -0.25) is 0 Å². The van der Waals surface area contributed by atoms with Gasteiger partial charge >= 0.3 is 0 Å². The van der Waals surface area contributed by atoms with Crippen LogP contribution in [0.2, 0.25) is 18.1 Å². The molecule has 1 fully saturated rings.